The lowest BCUT2D eigenvalue weighted by molar-refractivity contribution is -0.141. The molecule has 4 rings (SSSR count). The lowest BCUT2D eigenvalue weighted by Gasteiger charge is -2.37. The number of amides is 2. The van der Waals surface area contributed by atoms with Crippen molar-refractivity contribution in [3.63, 3.8) is 0 Å². The van der Waals surface area contributed by atoms with Crippen molar-refractivity contribution >= 4 is 12.0 Å². The summed E-state index contributed by atoms with van der Waals surface area (Å²) in [7, 11) is 0. The lowest BCUT2D eigenvalue weighted by Crippen LogP contribution is -2.52. The maximum absolute atomic E-state index is 14.3. The molecular formula is C30H36F5N3O3. The van der Waals surface area contributed by atoms with Crippen LogP contribution in [-0.4, -0.2) is 54.5 Å². The normalized spacial score (nSPS) is 18.4. The van der Waals surface area contributed by atoms with Gasteiger partial charge in [-0.15, -0.1) is 0 Å². The van der Waals surface area contributed by atoms with Gasteiger partial charge in [-0.2, -0.15) is 13.2 Å². The SMILES string of the molecule is CC(C)(C)OC(=O)NC1CCCCN1CCCCC1(C(=O)NCC(F)(F)F)c2ccc(F)cc2-c2cc(F)ccc21. The Morgan fingerprint density at radius 3 is 2.15 bits per heavy atom. The van der Waals surface area contributed by atoms with Gasteiger partial charge in [-0.25, -0.2) is 13.6 Å². The van der Waals surface area contributed by atoms with E-state index in [-0.39, 0.29) is 12.6 Å². The molecule has 0 saturated carbocycles. The first-order chi connectivity index (χ1) is 19.2. The average molecular weight is 582 g/mol. The minimum absolute atomic E-state index is 0.131. The van der Waals surface area contributed by atoms with E-state index in [1.165, 1.54) is 24.3 Å². The van der Waals surface area contributed by atoms with Crippen molar-refractivity contribution in [3.05, 3.63) is 59.2 Å². The van der Waals surface area contributed by atoms with E-state index in [4.69, 9.17) is 4.74 Å². The van der Waals surface area contributed by atoms with Crippen LogP contribution in [0.1, 0.15) is 70.4 Å². The average Bonchev–Trinajstić information content (AvgIpc) is 3.13. The summed E-state index contributed by atoms with van der Waals surface area (Å²) < 4.78 is 73.2. The highest BCUT2D eigenvalue weighted by Crippen LogP contribution is 2.52. The van der Waals surface area contributed by atoms with Crippen LogP contribution >= 0.6 is 0 Å². The summed E-state index contributed by atoms with van der Waals surface area (Å²) in [5, 5.41) is 4.95. The molecule has 1 fully saturated rings. The topological polar surface area (TPSA) is 70.7 Å². The van der Waals surface area contributed by atoms with Gasteiger partial charge in [-0.1, -0.05) is 18.6 Å². The van der Waals surface area contributed by atoms with E-state index >= 15 is 0 Å². The molecule has 1 unspecified atom stereocenters. The van der Waals surface area contributed by atoms with Gasteiger partial charge in [0.15, 0.2) is 0 Å². The van der Waals surface area contributed by atoms with Gasteiger partial charge in [0.25, 0.3) is 0 Å². The number of hydrogen-bond acceptors (Lipinski definition) is 4. The largest absolute Gasteiger partial charge is 0.444 e. The van der Waals surface area contributed by atoms with E-state index in [1.54, 1.807) is 20.8 Å². The third kappa shape index (κ3) is 7.17. The first-order valence-corrected chi connectivity index (χ1v) is 13.9. The zero-order chi connectivity index (χ0) is 30.0. The van der Waals surface area contributed by atoms with Crippen molar-refractivity contribution in [2.75, 3.05) is 19.6 Å². The molecule has 224 valence electrons. The third-order valence-electron chi connectivity index (χ3n) is 7.55. The van der Waals surface area contributed by atoms with Gasteiger partial charge >= 0.3 is 12.3 Å². The number of unbranched alkanes of at least 4 members (excludes halogenated alkanes) is 1. The summed E-state index contributed by atoms with van der Waals surface area (Å²) >= 11 is 0. The van der Waals surface area contributed by atoms with E-state index in [9.17, 15) is 31.5 Å². The van der Waals surface area contributed by atoms with E-state index < -0.39 is 47.4 Å². The number of nitrogens with zero attached hydrogens (tertiary/aromatic N) is 1. The summed E-state index contributed by atoms with van der Waals surface area (Å²) in [5.74, 6) is -2.06. The number of fused-ring (bicyclic) bond motifs is 3. The van der Waals surface area contributed by atoms with Crippen molar-refractivity contribution in [2.24, 2.45) is 0 Å². The number of rotatable bonds is 8. The summed E-state index contributed by atoms with van der Waals surface area (Å²) in [6.07, 6.45) is -1.57. The Balaban J connectivity index is 1.55. The van der Waals surface area contributed by atoms with E-state index in [0.29, 0.717) is 41.6 Å². The Hall–Kier alpha value is -3.21. The number of nitrogens with one attached hydrogen (secondary N) is 2. The smallest absolute Gasteiger partial charge is 0.408 e. The number of likely N-dealkylation sites (tertiary alicyclic amines) is 1. The first kappa shape index (κ1) is 30.7. The molecule has 0 aromatic heterocycles. The summed E-state index contributed by atoms with van der Waals surface area (Å²) in [6, 6.07) is 7.50. The molecule has 11 heteroatoms. The Morgan fingerprint density at radius 1 is 0.976 bits per heavy atom. The highest BCUT2D eigenvalue weighted by molar-refractivity contribution is 6.00. The fourth-order valence-electron chi connectivity index (χ4n) is 5.90. The number of carbonyl (C=O) groups is 2. The third-order valence-corrected chi connectivity index (χ3v) is 7.55. The Labute approximate surface area is 236 Å². The molecule has 41 heavy (non-hydrogen) atoms. The van der Waals surface area contributed by atoms with Crippen LogP contribution in [-0.2, 0) is 14.9 Å². The molecular weight excluding hydrogens is 545 g/mol. The van der Waals surface area contributed by atoms with Gasteiger partial charge in [-0.3, -0.25) is 9.69 Å². The molecule has 1 aliphatic carbocycles. The van der Waals surface area contributed by atoms with Gasteiger partial charge in [0.1, 0.15) is 29.2 Å². The zero-order valence-electron chi connectivity index (χ0n) is 23.5. The van der Waals surface area contributed by atoms with Gasteiger partial charge in [0, 0.05) is 13.1 Å². The van der Waals surface area contributed by atoms with Crippen molar-refractivity contribution in [3.8, 4) is 11.1 Å². The van der Waals surface area contributed by atoms with Crippen LogP contribution < -0.4 is 10.6 Å². The Bertz CT molecular complexity index is 1220. The molecule has 1 aliphatic heterocycles. The van der Waals surface area contributed by atoms with Gasteiger partial charge in [-0.05, 0) is 99.4 Å². The summed E-state index contributed by atoms with van der Waals surface area (Å²) in [4.78, 5) is 28.1. The second kappa shape index (κ2) is 12.0. The highest BCUT2D eigenvalue weighted by atomic mass is 19.4. The Morgan fingerprint density at radius 2 is 1.59 bits per heavy atom. The van der Waals surface area contributed by atoms with Crippen molar-refractivity contribution in [1.29, 1.82) is 0 Å². The fourth-order valence-corrected chi connectivity index (χ4v) is 5.90. The monoisotopic (exact) mass is 581 g/mol. The van der Waals surface area contributed by atoms with Gasteiger partial charge in [0.05, 0.1) is 6.17 Å². The van der Waals surface area contributed by atoms with Crippen LogP contribution in [0.5, 0.6) is 0 Å². The quantitative estimate of drug-likeness (QED) is 0.279. The second-order valence-electron chi connectivity index (χ2n) is 11.7. The zero-order valence-corrected chi connectivity index (χ0v) is 23.5. The molecule has 1 saturated heterocycles. The maximum Gasteiger partial charge on any atom is 0.408 e. The molecule has 2 aliphatic rings. The summed E-state index contributed by atoms with van der Waals surface area (Å²) in [5.41, 5.74) is -0.903. The molecule has 2 N–H and O–H groups in total. The molecule has 0 spiro atoms. The van der Waals surface area contributed by atoms with Crippen LogP contribution in [0.15, 0.2) is 36.4 Å². The van der Waals surface area contributed by atoms with Crippen molar-refractivity contribution < 1.29 is 36.3 Å². The van der Waals surface area contributed by atoms with E-state index in [1.807, 2.05) is 5.32 Å². The lowest BCUT2D eigenvalue weighted by atomic mass is 9.73. The molecule has 6 nitrogen and oxygen atoms in total. The number of ether oxygens (including phenoxy) is 1. The molecule has 2 amide bonds. The summed E-state index contributed by atoms with van der Waals surface area (Å²) in [6.45, 7) is 5.16. The van der Waals surface area contributed by atoms with Gasteiger partial charge < -0.3 is 15.4 Å². The predicted molar refractivity (Wildman–Crippen MR) is 144 cm³/mol. The number of alkyl carbamates (subject to hydrolysis) is 1. The number of halogens is 5. The highest BCUT2D eigenvalue weighted by Gasteiger charge is 2.49. The molecule has 2 aromatic rings. The van der Waals surface area contributed by atoms with Crippen LogP contribution in [0, 0.1) is 11.6 Å². The number of alkyl halides is 3. The van der Waals surface area contributed by atoms with E-state index in [0.717, 1.165) is 37.9 Å². The molecule has 2 aromatic carbocycles. The fraction of sp³-hybridized carbons (Fsp3) is 0.533. The Kier molecular flexibility index (Phi) is 8.96. The standard InChI is InChI=1S/C30H36F5N3O3/c1-28(2,3)41-27(40)37-25-8-4-6-14-38(25)15-7-5-13-29(26(39)36-18-30(33,34)35)23-11-9-19(31)16-21(23)22-17-20(32)10-12-24(22)29/h9-12,16-17,25H,4-8,13-15,18H2,1-3H3,(H,36,39)(H,37,40). The van der Waals surface area contributed by atoms with Crippen molar-refractivity contribution in [1.82, 2.24) is 15.5 Å². The van der Waals surface area contributed by atoms with Crippen molar-refractivity contribution in [2.45, 2.75) is 82.7 Å². The second-order valence-corrected chi connectivity index (χ2v) is 11.7. The van der Waals surface area contributed by atoms with Crippen LogP contribution in [0.25, 0.3) is 11.1 Å². The minimum atomic E-state index is -4.63. The predicted octanol–water partition coefficient (Wildman–Crippen LogP) is 6.42. The molecule has 1 heterocycles. The van der Waals surface area contributed by atoms with Gasteiger partial charge in [0.2, 0.25) is 5.91 Å². The number of piperidine rings is 1. The van der Waals surface area contributed by atoms with Crippen LogP contribution in [0.4, 0.5) is 26.7 Å². The first-order valence-electron chi connectivity index (χ1n) is 13.9. The van der Waals surface area contributed by atoms with Crippen LogP contribution in [0.3, 0.4) is 0 Å². The number of benzene rings is 2. The number of carbonyl (C=O) groups excluding carboxylic acids is 2. The number of hydrogen-bond donors (Lipinski definition) is 2. The van der Waals surface area contributed by atoms with Crippen LogP contribution in [0.2, 0.25) is 0 Å². The van der Waals surface area contributed by atoms with E-state index in [2.05, 4.69) is 10.2 Å². The molecule has 1 atom stereocenters. The molecule has 0 radical (unpaired) electrons. The molecule has 0 bridgehead atoms. The maximum atomic E-state index is 14.3. The minimum Gasteiger partial charge on any atom is -0.444 e.